The molecule has 0 fully saturated rings. The van der Waals surface area contributed by atoms with E-state index in [4.69, 9.17) is 17.0 Å². The Morgan fingerprint density at radius 3 is 2.33 bits per heavy atom. The van der Waals surface area contributed by atoms with Gasteiger partial charge in [-0.15, -0.1) is 0 Å². The summed E-state index contributed by atoms with van der Waals surface area (Å²) in [4.78, 5) is 14.2. The maximum atomic E-state index is 12.4. The lowest BCUT2D eigenvalue weighted by Crippen LogP contribution is -2.40. The van der Waals surface area contributed by atoms with Gasteiger partial charge in [0.25, 0.3) is 5.91 Å². The van der Waals surface area contributed by atoms with Crippen molar-refractivity contribution < 1.29 is 9.53 Å². The van der Waals surface area contributed by atoms with E-state index in [1.165, 1.54) is 25.7 Å². The fourth-order valence-corrected chi connectivity index (χ4v) is 2.82. The van der Waals surface area contributed by atoms with Crippen LogP contribution < -0.4 is 15.0 Å². The molecule has 144 valence electrons. The third-order valence-corrected chi connectivity index (χ3v) is 4.68. The van der Waals surface area contributed by atoms with Crippen LogP contribution in [0.3, 0.4) is 0 Å². The summed E-state index contributed by atoms with van der Waals surface area (Å²) in [5, 5.41) is 3.12. The van der Waals surface area contributed by atoms with Crippen molar-refractivity contribution in [2.24, 2.45) is 0 Å². The Balaban J connectivity index is 1.80. The number of thiocarbonyl (C=S) groups is 1. The average molecular weight is 385 g/mol. The van der Waals surface area contributed by atoms with E-state index in [2.05, 4.69) is 12.2 Å². The van der Waals surface area contributed by atoms with Crippen molar-refractivity contribution in [1.82, 2.24) is 5.32 Å². The predicted molar refractivity (Wildman–Crippen MR) is 116 cm³/mol. The van der Waals surface area contributed by atoms with Crippen LogP contribution in [0.2, 0.25) is 0 Å². The monoisotopic (exact) mass is 384 g/mol. The van der Waals surface area contributed by atoms with Crippen LogP contribution >= 0.6 is 12.2 Å². The molecule has 5 heteroatoms. The van der Waals surface area contributed by atoms with Crippen LogP contribution in [0.4, 0.5) is 5.69 Å². The molecule has 2 rings (SSSR count). The van der Waals surface area contributed by atoms with E-state index in [1.807, 2.05) is 49.5 Å². The first-order valence-electron chi connectivity index (χ1n) is 9.48. The van der Waals surface area contributed by atoms with Gasteiger partial charge in [0.1, 0.15) is 5.75 Å². The molecule has 0 aliphatic heterocycles. The third kappa shape index (κ3) is 7.02. The van der Waals surface area contributed by atoms with Crippen LogP contribution in [0.1, 0.15) is 49.4 Å². The first-order chi connectivity index (χ1) is 13.1. The first kappa shape index (κ1) is 20.9. The Kier molecular flexibility index (Phi) is 8.78. The number of unbranched alkanes of at least 4 members (excludes halogenated alkanes) is 4. The number of amides is 1. The highest BCUT2D eigenvalue weighted by atomic mass is 32.1. The zero-order valence-corrected chi connectivity index (χ0v) is 16.9. The molecule has 27 heavy (non-hydrogen) atoms. The number of hydrogen-bond donors (Lipinski definition) is 1. The highest BCUT2D eigenvalue weighted by molar-refractivity contribution is 7.80. The Bertz CT molecular complexity index is 717. The SMILES string of the molecule is CCCCCCCOc1ccc(C(=O)NC(=S)N(C)c2ccccc2)cc1. The summed E-state index contributed by atoms with van der Waals surface area (Å²) in [6, 6.07) is 16.8. The highest BCUT2D eigenvalue weighted by Crippen LogP contribution is 2.14. The van der Waals surface area contributed by atoms with E-state index in [9.17, 15) is 4.79 Å². The molecule has 0 aliphatic carbocycles. The summed E-state index contributed by atoms with van der Waals surface area (Å²) in [6.07, 6.45) is 6.04. The van der Waals surface area contributed by atoms with Crippen molar-refractivity contribution in [2.75, 3.05) is 18.6 Å². The normalized spacial score (nSPS) is 10.3. The fraction of sp³-hybridized carbons (Fsp3) is 0.364. The van der Waals surface area contributed by atoms with Crippen LogP contribution in [0.15, 0.2) is 54.6 Å². The van der Waals surface area contributed by atoms with E-state index < -0.39 is 0 Å². The molecule has 0 radical (unpaired) electrons. The number of rotatable bonds is 9. The Hall–Kier alpha value is -2.40. The average Bonchev–Trinajstić information content (AvgIpc) is 2.71. The highest BCUT2D eigenvalue weighted by Gasteiger charge is 2.12. The van der Waals surface area contributed by atoms with E-state index in [1.54, 1.807) is 17.0 Å². The van der Waals surface area contributed by atoms with E-state index >= 15 is 0 Å². The molecule has 0 aliphatic rings. The zero-order valence-electron chi connectivity index (χ0n) is 16.1. The van der Waals surface area contributed by atoms with Crippen molar-refractivity contribution in [2.45, 2.75) is 39.0 Å². The summed E-state index contributed by atoms with van der Waals surface area (Å²) < 4.78 is 5.73. The maximum Gasteiger partial charge on any atom is 0.257 e. The van der Waals surface area contributed by atoms with E-state index in [0.29, 0.717) is 17.3 Å². The van der Waals surface area contributed by atoms with Gasteiger partial charge in [-0.2, -0.15) is 0 Å². The van der Waals surface area contributed by atoms with Gasteiger partial charge in [0.05, 0.1) is 6.61 Å². The molecule has 0 heterocycles. The molecule has 2 aromatic carbocycles. The topological polar surface area (TPSA) is 41.6 Å². The summed E-state index contributed by atoms with van der Waals surface area (Å²) in [5.74, 6) is 0.555. The number of hydrogen-bond acceptors (Lipinski definition) is 3. The second kappa shape index (κ2) is 11.3. The Morgan fingerprint density at radius 2 is 1.67 bits per heavy atom. The largest absolute Gasteiger partial charge is 0.494 e. The van der Waals surface area contributed by atoms with Crippen molar-refractivity contribution in [3.05, 3.63) is 60.2 Å². The predicted octanol–water partition coefficient (Wildman–Crippen LogP) is 5.19. The minimum atomic E-state index is -0.228. The van der Waals surface area contributed by atoms with E-state index in [-0.39, 0.29) is 5.91 Å². The number of benzene rings is 2. The Labute approximate surface area is 167 Å². The number of ether oxygens (including phenoxy) is 1. The molecule has 1 amide bonds. The summed E-state index contributed by atoms with van der Waals surface area (Å²) in [6.45, 7) is 2.92. The first-order valence-corrected chi connectivity index (χ1v) is 9.89. The molecule has 0 saturated heterocycles. The molecular weight excluding hydrogens is 356 g/mol. The minimum Gasteiger partial charge on any atom is -0.494 e. The van der Waals surface area contributed by atoms with Crippen molar-refractivity contribution >= 4 is 28.9 Å². The number of nitrogens with one attached hydrogen (secondary N) is 1. The summed E-state index contributed by atoms with van der Waals surface area (Å²) >= 11 is 5.33. The number of para-hydroxylation sites is 1. The third-order valence-electron chi connectivity index (χ3n) is 4.30. The number of carbonyl (C=O) groups is 1. The number of carbonyl (C=O) groups excluding carboxylic acids is 1. The van der Waals surface area contributed by atoms with E-state index in [0.717, 1.165) is 17.9 Å². The van der Waals surface area contributed by atoms with Gasteiger partial charge in [0.2, 0.25) is 0 Å². The molecule has 0 saturated carbocycles. The lowest BCUT2D eigenvalue weighted by atomic mass is 10.2. The summed E-state index contributed by atoms with van der Waals surface area (Å²) in [7, 11) is 1.83. The van der Waals surface area contributed by atoms with Gasteiger partial charge < -0.3 is 9.64 Å². The van der Waals surface area contributed by atoms with Crippen LogP contribution in [0.5, 0.6) is 5.75 Å². The molecule has 0 atom stereocenters. The number of anilines is 1. The van der Waals surface area contributed by atoms with Gasteiger partial charge in [-0.25, -0.2) is 0 Å². The zero-order chi connectivity index (χ0) is 19.5. The minimum absolute atomic E-state index is 0.228. The van der Waals surface area contributed by atoms with Gasteiger partial charge in [-0.1, -0.05) is 50.8 Å². The second-order valence-corrected chi connectivity index (χ2v) is 6.83. The van der Waals surface area contributed by atoms with Crippen LogP contribution in [0, 0.1) is 0 Å². The molecule has 0 aromatic heterocycles. The standard InChI is InChI=1S/C22H28N2O2S/c1-3-4-5-6-10-17-26-20-15-13-18(14-16-20)21(25)23-22(27)24(2)19-11-8-7-9-12-19/h7-9,11-16H,3-6,10,17H2,1-2H3,(H,23,25,27). The van der Waals surface area contributed by atoms with Crippen molar-refractivity contribution in [3.8, 4) is 5.75 Å². The molecule has 4 nitrogen and oxygen atoms in total. The fourth-order valence-electron chi connectivity index (χ4n) is 2.62. The van der Waals surface area contributed by atoms with Crippen LogP contribution in [-0.2, 0) is 0 Å². The Morgan fingerprint density at radius 1 is 1.00 bits per heavy atom. The maximum absolute atomic E-state index is 12.4. The van der Waals surface area contributed by atoms with Crippen LogP contribution in [-0.4, -0.2) is 24.7 Å². The van der Waals surface area contributed by atoms with Crippen molar-refractivity contribution in [3.63, 3.8) is 0 Å². The van der Waals surface area contributed by atoms with Crippen molar-refractivity contribution in [1.29, 1.82) is 0 Å². The number of nitrogens with zero attached hydrogens (tertiary/aromatic N) is 1. The van der Waals surface area contributed by atoms with Gasteiger partial charge in [-0.3, -0.25) is 10.1 Å². The lowest BCUT2D eigenvalue weighted by Gasteiger charge is -2.20. The molecule has 0 bridgehead atoms. The molecule has 1 N–H and O–H groups in total. The molecular formula is C22H28N2O2S. The molecule has 0 unspecified atom stereocenters. The van der Waals surface area contributed by atoms with Gasteiger partial charge in [0.15, 0.2) is 5.11 Å². The summed E-state index contributed by atoms with van der Waals surface area (Å²) in [5.41, 5.74) is 1.47. The van der Waals surface area contributed by atoms with Gasteiger partial charge >= 0.3 is 0 Å². The van der Waals surface area contributed by atoms with Crippen LogP contribution in [0.25, 0.3) is 0 Å². The molecule has 0 spiro atoms. The lowest BCUT2D eigenvalue weighted by molar-refractivity contribution is 0.0977. The van der Waals surface area contributed by atoms with Gasteiger partial charge in [-0.05, 0) is 55.0 Å². The van der Waals surface area contributed by atoms with Gasteiger partial charge in [0, 0.05) is 18.3 Å². The smallest absolute Gasteiger partial charge is 0.257 e. The molecule has 2 aromatic rings. The quantitative estimate of drug-likeness (QED) is 0.477. The second-order valence-electron chi connectivity index (χ2n) is 6.44.